The Balaban J connectivity index is 2.42. The lowest BCUT2D eigenvalue weighted by Gasteiger charge is -2.07. The number of rotatable bonds is 3. The van der Waals surface area contributed by atoms with Gasteiger partial charge in [0.05, 0.1) is 19.0 Å². The quantitative estimate of drug-likeness (QED) is 0.877. The number of fused-ring (bicyclic) bond motifs is 1. The maximum absolute atomic E-state index is 12.2. The summed E-state index contributed by atoms with van der Waals surface area (Å²) in [4.78, 5) is 6.90. The summed E-state index contributed by atoms with van der Waals surface area (Å²) >= 11 is 4.98. The highest BCUT2D eigenvalue weighted by Crippen LogP contribution is 2.22. The molecule has 0 atom stereocenters. The number of alkyl halides is 3. The molecule has 0 bridgehead atoms. The summed E-state index contributed by atoms with van der Waals surface area (Å²) in [6.07, 6.45) is -5.18. The fourth-order valence-corrected chi connectivity index (χ4v) is 1.86. The smallest absolute Gasteiger partial charge is 0.390 e. The van der Waals surface area contributed by atoms with Crippen LogP contribution < -0.4 is 4.74 Å². The molecule has 2 heterocycles. The van der Waals surface area contributed by atoms with Crippen LogP contribution >= 0.6 is 12.2 Å². The summed E-state index contributed by atoms with van der Waals surface area (Å²) in [5.41, 5.74) is 0.951. The monoisotopic (exact) mass is 277 g/mol. The summed E-state index contributed by atoms with van der Waals surface area (Å²) in [5.74, 6) is 0.331. The number of imidazole rings is 1. The van der Waals surface area contributed by atoms with Crippen molar-refractivity contribution in [2.75, 3.05) is 7.11 Å². The third kappa shape index (κ3) is 2.63. The first-order chi connectivity index (χ1) is 8.40. The number of hydrogen-bond donors (Lipinski definition) is 1. The molecule has 1 N–H and O–H groups in total. The molecular formula is C10H10F3N3OS. The molecule has 2 rings (SSSR count). The molecule has 0 radical (unpaired) electrons. The van der Waals surface area contributed by atoms with Crippen molar-refractivity contribution < 1.29 is 17.9 Å². The van der Waals surface area contributed by atoms with E-state index in [-0.39, 0.29) is 11.3 Å². The van der Waals surface area contributed by atoms with Gasteiger partial charge in [0, 0.05) is 12.6 Å². The number of halogens is 3. The van der Waals surface area contributed by atoms with Gasteiger partial charge in [-0.3, -0.25) is 0 Å². The van der Waals surface area contributed by atoms with Gasteiger partial charge in [-0.1, -0.05) is 0 Å². The number of methoxy groups -OCH3 is 1. The van der Waals surface area contributed by atoms with Crippen molar-refractivity contribution in [1.82, 2.24) is 14.5 Å². The van der Waals surface area contributed by atoms with Crippen molar-refractivity contribution in [3.63, 3.8) is 0 Å². The summed E-state index contributed by atoms with van der Waals surface area (Å²) in [6.45, 7) is -0.261. The van der Waals surface area contributed by atoms with E-state index in [4.69, 9.17) is 17.0 Å². The topological polar surface area (TPSA) is 42.8 Å². The predicted molar refractivity (Wildman–Crippen MR) is 62.1 cm³/mol. The number of pyridine rings is 1. The second-order valence-corrected chi connectivity index (χ2v) is 4.06. The third-order valence-electron chi connectivity index (χ3n) is 2.42. The standard InChI is InChI=1S/C10H10F3N3OS/c1-17-7-3-2-6-8(15-7)16(9(18)14-6)5-4-10(11,12)13/h2-3H,4-5H2,1H3,(H,14,18). The van der Waals surface area contributed by atoms with E-state index in [9.17, 15) is 13.2 Å². The van der Waals surface area contributed by atoms with Gasteiger partial charge in [-0.25, -0.2) is 0 Å². The van der Waals surface area contributed by atoms with E-state index >= 15 is 0 Å². The fourth-order valence-electron chi connectivity index (χ4n) is 1.57. The van der Waals surface area contributed by atoms with E-state index in [2.05, 4.69) is 9.97 Å². The second-order valence-electron chi connectivity index (χ2n) is 3.67. The van der Waals surface area contributed by atoms with Gasteiger partial charge in [0.1, 0.15) is 0 Å². The van der Waals surface area contributed by atoms with Gasteiger partial charge in [-0.05, 0) is 18.3 Å². The van der Waals surface area contributed by atoms with Crippen molar-refractivity contribution in [3.05, 3.63) is 16.9 Å². The fraction of sp³-hybridized carbons (Fsp3) is 0.400. The minimum absolute atomic E-state index is 0.218. The Hall–Kier alpha value is -1.57. The van der Waals surface area contributed by atoms with Crippen LogP contribution in [0.4, 0.5) is 13.2 Å². The Morgan fingerprint density at radius 2 is 2.17 bits per heavy atom. The van der Waals surface area contributed by atoms with Crippen LogP contribution in [-0.2, 0) is 6.54 Å². The van der Waals surface area contributed by atoms with Gasteiger partial charge in [-0.2, -0.15) is 18.2 Å². The Morgan fingerprint density at radius 1 is 1.44 bits per heavy atom. The molecule has 8 heteroatoms. The van der Waals surface area contributed by atoms with Gasteiger partial charge >= 0.3 is 6.18 Å². The minimum atomic E-state index is -4.22. The Kier molecular flexibility index (Phi) is 3.29. The van der Waals surface area contributed by atoms with Crippen LogP contribution in [0.3, 0.4) is 0 Å². The molecule has 0 aliphatic rings. The number of aromatic amines is 1. The molecule has 2 aromatic heterocycles. The van der Waals surface area contributed by atoms with E-state index in [1.54, 1.807) is 12.1 Å². The van der Waals surface area contributed by atoms with Crippen molar-refractivity contribution in [2.24, 2.45) is 0 Å². The molecule has 0 saturated carbocycles. The largest absolute Gasteiger partial charge is 0.481 e. The highest BCUT2D eigenvalue weighted by molar-refractivity contribution is 7.71. The summed E-state index contributed by atoms with van der Waals surface area (Å²) in [7, 11) is 1.44. The zero-order valence-corrected chi connectivity index (χ0v) is 10.2. The number of H-pyrrole nitrogens is 1. The lowest BCUT2D eigenvalue weighted by atomic mass is 10.4. The Morgan fingerprint density at radius 3 is 2.78 bits per heavy atom. The zero-order valence-electron chi connectivity index (χ0n) is 9.41. The number of aryl methyl sites for hydroxylation is 1. The van der Waals surface area contributed by atoms with E-state index < -0.39 is 12.6 Å². The molecule has 0 aliphatic carbocycles. The van der Waals surface area contributed by atoms with Gasteiger partial charge in [0.2, 0.25) is 5.88 Å². The Labute approximate surface area is 105 Å². The highest BCUT2D eigenvalue weighted by atomic mass is 32.1. The number of hydrogen-bond acceptors (Lipinski definition) is 3. The van der Waals surface area contributed by atoms with Crippen LogP contribution in [0.15, 0.2) is 12.1 Å². The number of nitrogens with one attached hydrogen (secondary N) is 1. The zero-order chi connectivity index (χ0) is 13.3. The van der Waals surface area contributed by atoms with Crippen LogP contribution in [0.5, 0.6) is 5.88 Å². The summed E-state index contributed by atoms with van der Waals surface area (Å²) in [5, 5.41) is 0. The maximum Gasteiger partial charge on any atom is 0.390 e. The van der Waals surface area contributed by atoms with E-state index in [0.29, 0.717) is 17.0 Å². The summed E-state index contributed by atoms with van der Waals surface area (Å²) in [6, 6.07) is 3.28. The first kappa shape index (κ1) is 12.9. The SMILES string of the molecule is COc1ccc2[nH]c(=S)n(CCC(F)(F)F)c2n1. The van der Waals surface area contributed by atoms with E-state index in [0.717, 1.165) is 0 Å². The predicted octanol–water partition coefficient (Wildman–Crippen LogP) is 3.05. The molecule has 0 amide bonds. The van der Waals surface area contributed by atoms with Gasteiger partial charge in [-0.15, -0.1) is 0 Å². The highest BCUT2D eigenvalue weighted by Gasteiger charge is 2.27. The van der Waals surface area contributed by atoms with Crippen molar-refractivity contribution in [2.45, 2.75) is 19.1 Å². The molecule has 18 heavy (non-hydrogen) atoms. The van der Waals surface area contributed by atoms with Crippen LogP contribution in [0.2, 0.25) is 0 Å². The summed E-state index contributed by atoms with van der Waals surface area (Å²) < 4.78 is 43.1. The molecule has 2 aromatic rings. The number of nitrogens with zero attached hydrogens (tertiary/aromatic N) is 2. The van der Waals surface area contributed by atoms with Crippen LogP contribution in [-0.4, -0.2) is 27.8 Å². The van der Waals surface area contributed by atoms with Crippen molar-refractivity contribution in [3.8, 4) is 5.88 Å². The lowest BCUT2D eigenvalue weighted by Crippen LogP contribution is -2.12. The lowest BCUT2D eigenvalue weighted by molar-refractivity contribution is -0.136. The Bertz CT molecular complexity index is 617. The molecule has 4 nitrogen and oxygen atoms in total. The van der Waals surface area contributed by atoms with Crippen LogP contribution in [0.25, 0.3) is 11.2 Å². The van der Waals surface area contributed by atoms with Gasteiger partial charge in [0.15, 0.2) is 10.4 Å². The third-order valence-corrected chi connectivity index (χ3v) is 2.74. The average Bonchev–Trinajstić information content (AvgIpc) is 2.60. The average molecular weight is 277 g/mol. The van der Waals surface area contributed by atoms with Gasteiger partial charge in [0.25, 0.3) is 0 Å². The first-order valence-electron chi connectivity index (χ1n) is 5.11. The molecule has 0 spiro atoms. The van der Waals surface area contributed by atoms with Crippen molar-refractivity contribution in [1.29, 1.82) is 0 Å². The number of aromatic nitrogens is 3. The van der Waals surface area contributed by atoms with Crippen LogP contribution in [0, 0.1) is 4.77 Å². The number of ether oxygens (including phenoxy) is 1. The molecule has 0 fully saturated rings. The molecule has 0 aromatic carbocycles. The van der Waals surface area contributed by atoms with E-state index in [1.807, 2.05) is 0 Å². The molecule has 0 saturated heterocycles. The molecule has 0 aliphatic heterocycles. The van der Waals surface area contributed by atoms with Gasteiger partial charge < -0.3 is 14.3 Å². The molecule has 0 unspecified atom stereocenters. The second kappa shape index (κ2) is 4.60. The van der Waals surface area contributed by atoms with Crippen LogP contribution in [0.1, 0.15) is 6.42 Å². The molecular weight excluding hydrogens is 267 g/mol. The van der Waals surface area contributed by atoms with E-state index in [1.165, 1.54) is 11.7 Å². The maximum atomic E-state index is 12.2. The van der Waals surface area contributed by atoms with Crippen molar-refractivity contribution >= 4 is 23.4 Å². The molecule has 98 valence electrons. The first-order valence-corrected chi connectivity index (χ1v) is 5.52. The normalized spacial score (nSPS) is 12.0. The minimum Gasteiger partial charge on any atom is -0.481 e.